The average Bonchev–Trinajstić information content (AvgIpc) is 3.04. The Balaban J connectivity index is 2.06. The highest BCUT2D eigenvalue weighted by molar-refractivity contribution is 5.94. The van der Waals surface area contributed by atoms with Gasteiger partial charge in [0.15, 0.2) is 0 Å². The lowest BCUT2D eigenvalue weighted by Crippen LogP contribution is -2.15. The number of carbonyl (C=O) groups excluding carboxylic acids is 2. The van der Waals surface area contributed by atoms with E-state index in [0.717, 1.165) is 46.0 Å². The van der Waals surface area contributed by atoms with Crippen LogP contribution in [0.3, 0.4) is 0 Å². The number of carbonyl (C=O) groups is 2. The van der Waals surface area contributed by atoms with Crippen LogP contribution in [0.5, 0.6) is 0 Å². The van der Waals surface area contributed by atoms with Gasteiger partial charge < -0.3 is 4.57 Å². The molecule has 0 aliphatic heterocycles. The van der Waals surface area contributed by atoms with Crippen LogP contribution in [0.25, 0.3) is 22.3 Å². The second-order valence-electron chi connectivity index (χ2n) is 8.86. The first kappa shape index (κ1) is 21.3. The SMILES string of the molecule is Cc1c(C=O)cccc1-c1c(-c2cccc(C=O)c2C)c(C)n(C2CCCCC2)c1C. The van der Waals surface area contributed by atoms with E-state index < -0.39 is 0 Å². The minimum atomic E-state index is 0.505. The monoisotopic (exact) mass is 413 g/mol. The van der Waals surface area contributed by atoms with Crippen molar-refractivity contribution in [3.05, 3.63) is 70.0 Å². The van der Waals surface area contributed by atoms with Crippen molar-refractivity contribution in [1.82, 2.24) is 4.57 Å². The normalized spacial score (nSPS) is 14.6. The molecule has 0 saturated heterocycles. The van der Waals surface area contributed by atoms with Gasteiger partial charge in [-0.1, -0.05) is 55.7 Å². The van der Waals surface area contributed by atoms with Gasteiger partial charge in [0.25, 0.3) is 0 Å². The molecular formula is C28H31NO2. The van der Waals surface area contributed by atoms with E-state index in [1.54, 1.807) is 0 Å². The Morgan fingerprint density at radius 1 is 0.710 bits per heavy atom. The van der Waals surface area contributed by atoms with Gasteiger partial charge in [-0.15, -0.1) is 0 Å². The van der Waals surface area contributed by atoms with Crippen molar-refractivity contribution in [2.75, 3.05) is 0 Å². The van der Waals surface area contributed by atoms with Crippen LogP contribution in [0.2, 0.25) is 0 Å². The highest BCUT2D eigenvalue weighted by Gasteiger charge is 2.27. The molecule has 3 heteroatoms. The lowest BCUT2D eigenvalue weighted by molar-refractivity contribution is 0.111. The van der Waals surface area contributed by atoms with Crippen LogP contribution < -0.4 is 0 Å². The van der Waals surface area contributed by atoms with E-state index in [9.17, 15) is 9.59 Å². The molecule has 0 spiro atoms. The van der Waals surface area contributed by atoms with E-state index in [-0.39, 0.29) is 0 Å². The van der Waals surface area contributed by atoms with Crippen LogP contribution in [0, 0.1) is 27.7 Å². The van der Waals surface area contributed by atoms with Crippen molar-refractivity contribution >= 4 is 12.6 Å². The molecule has 1 aromatic heterocycles. The Morgan fingerprint density at radius 2 is 1.16 bits per heavy atom. The quantitative estimate of drug-likeness (QED) is 0.415. The van der Waals surface area contributed by atoms with Gasteiger partial charge in [-0.25, -0.2) is 0 Å². The van der Waals surface area contributed by atoms with Gasteiger partial charge in [-0.05, 0) is 62.8 Å². The Bertz CT molecular complexity index is 1070. The molecule has 1 aliphatic rings. The molecular weight excluding hydrogens is 382 g/mol. The Morgan fingerprint density at radius 3 is 1.58 bits per heavy atom. The van der Waals surface area contributed by atoms with E-state index in [4.69, 9.17) is 0 Å². The third-order valence-electron chi connectivity index (χ3n) is 7.18. The molecule has 3 aromatic rings. The first-order chi connectivity index (χ1) is 15.0. The summed E-state index contributed by atoms with van der Waals surface area (Å²) in [5.41, 5.74) is 10.6. The summed E-state index contributed by atoms with van der Waals surface area (Å²) in [6, 6.07) is 12.4. The van der Waals surface area contributed by atoms with Gasteiger partial charge in [0.1, 0.15) is 12.6 Å². The number of nitrogens with zero attached hydrogens (tertiary/aromatic N) is 1. The summed E-state index contributed by atoms with van der Waals surface area (Å²) in [7, 11) is 0. The molecule has 0 radical (unpaired) electrons. The Labute approximate surface area is 185 Å². The van der Waals surface area contributed by atoms with E-state index in [1.165, 1.54) is 54.6 Å². The molecule has 4 rings (SSSR count). The molecule has 160 valence electrons. The zero-order chi connectivity index (χ0) is 22.1. The standard InChI is InChI=1S/C28H31NO2/c1-18-22(16-30)10-8-14-25(18)27-20(3)29(24-12-6-5-7-13-24)21(4)28(27)26-15-9-11-23(17-31)19(26)2/h8-11,14-17,24H,5-7,12-13H2,1-4H3. The largest absolute Gasteiger partial charge is 0.345 e. The summed E-state index contributed by atoms with van der Waals surface area (Å²) < 4.78 is 2.53. The summed E-state index contributed by atoms with van der Waals surface area (Å²) in [6.45, 7) is 8.49. The van der Waals surface area contributed by atoms with E-state index >= 15 is 0 Å². The molecule has 2 aromatic carbocycles. The van der Waals surface area contributed by atoms with Crippen molar-refractivity contribution < 1.29 is 9.59 Å². The van der Waals surface area contributed by atoms with Crippen molar-refractivity contribution in [3.63, 3.8) is 0 Å². The zero-order valence-corrected chi connectivity index (χ0v) is 19.0. The van der Waals surface area contributed by atoms with Gasteiger partial charge in [0.05, 0.1) is 0 Å². The number of benzene rings is 2. The molecule has 1 heterocycles. The van der Waals surface area contributed by atoms with Gasteiger partial charge in [-0.3, -0.25) is 9.59 Å². The summed E-state index contributed by atoms with van der Waals surface area (Å²) in [5, 5.41) is 0. The Kier molecular flexibility index (Phi) is 5.95. The molecule has 0 unspecified atom stereocenters. The fraction of sp³-hybridized carbons (Fsp3) is 0.357. The van der Waals surface area contributed by atoms with Crippen LogP contribution in [-0.4, -0.2) is 17.1 Å². The molecule has 31 heavy (non-hydrogen) atoms. The van der Waals surface area contributed by atoms with E-state index in [0.29, 0.717) is 6.04 Å². The van der Waals surface area contributed by atoms with Crippen molar-refractivity contribution in [2.45, 2.75) is 65.8 Å². The van der Waals surface area contributed by atoms with Crippen LogP contribution in [-0.2, 0) is 0 Å². The van der Waals surface area contributed by atoms with E-state index in [1.807, 2.05) is 38.1 Å². The number of aromatic nitrogens is 1. The van der Waals surface area contributed by atoms with Crippen molar-refractivity contribution in [1.29, 1.82) is 0 Å². The maximum absolute atomic E-state index is 11.7. The Hall–Kier alpha value is -2.94. The molecule has 1 fully saturated rings. The molecule has 0 bridgehead atoms. The lowest BCUT2D eigenvalue weighted by Gasteiger charge is -2.26. The molecule has 0 N–H and O–H groups in total. The van der Waals surface area contributed by atoms with Crippen molar-refractivity contribution in [3.8, 4) is 22.3 Å². The maximum Gasteiger partial charge on any atom is 0.150 e. The minimum Gasteiger partial charge on any atom is -0.345 e. The predicted octanol–water partition coefficient (Wildman–Crippen LogP) is 7.19. The lowest BCUT2D eigenvalue weighted by atomic mass is 9.88. The van der Waals surface area contributed by atoms with Crippen LogP contribution in [0.15, 0.2) is 36.4 Å². The zero-order valence-electron chi connectivity index (χ0n) is 19.0. The summed E-state index contributed by atoms with van der Waals surface area (Å²) >= 11 is 0. The molecule has 1 aliphatic carbocycles. The highest BCUT2D eigenvalue weighted by atomic mass is 16.1. The smallest absolute Gasteiger partial charge is 0.150 e. The number of hydrogen-bond donors (Lipinski definition) is 0. The minimum absolute atomic E-state index is 0.505. The van der Waals surface area contributed by atoms with Crippen molar-refractivity contribution in [2.24, 2.45) is 0 Å². The fourth-order valence-corrected chi connectivity index (χ4v) is 5.50. The number of rotatable bonds is 5. The first-order valence-corrected chi connectivity index (χ1v) is 11.3. The number of hydrogen-bond acceptors (Lipinski definition) is 2. The first-order valence-electron chi connectivity index (χ1n) is 11.3. The molecule has 0 amide bonds. The summed E-state index contributed by atoms with van der Waals surface area (Å²) in [5.74, 6) is 0. The summed E-state index contributed by atoms with van der Waals surface area (Å²) in [6.07, 6.45) is 8.15. The van der Waals surface area contributed by atoms with Gasteiger partial charge in [0.2, 0.25) is 0 Å². The van der Waals surface area contributed by atoms with Gasteiger partial charge in [-0.2, -0.15) is 0 Å². The third kappa shape index (κ3) is 3.56. The molecule has 0 atom stereocenters. The van der Waals surface area contributed by atoms with Crippen LogP contribution in [0.1, 0.15) is 81.4 Å². The van der Waals surface area contributed by atoms with Gasteiger partial charge >= 0.3 is 0 Å². The summed E-state index contributed by atoms with van der Waals surface area (Å²) in [4.78, 5) is 23.3. The maximum atomic E-state index is 11.7. The molecule has 1 saturated carbocycles. The second kappa shape index (κ2) is 8.66. The fourth-order valence-electron chi connectivity index (χ4n) is 5.50. The topological polar surface area (TPSA) is 39.1 Å². The second-order valence-corrected chi connectivity index (χ2v) is 8.86. The predicted molar refractivity (Wildman–Crippen MR) is 127 cm³/mol. The van der Waals surface area contributed by atoms with E-state index in [2.05, 4.69) is 30.5 Å². The molecule has 3 nitrogen and oxygen atoms in total. The van der Waals surface area contributed by atoms with Crippen LogP contribution in [0.4, 0.5) is 0 Å². The average molecular weight is 414 g/mol. The van der Waals surface area contributed by atoms with Crippen LogP contribution >= 0.6 is 0 Å². The third-order valence-corrected chi connectivity index (χ3v) is 7.18. The van der Waals surface area contributed by atoms with Gasteiger partial charge in [0, 0.05) is 39.7 Å². The number of aldehydes is 2. The highest BCUT2D eigenvalue weighted by Crippen LogP contribution is 2.45.